The van der Waals surface area contributed by atoms with Gasteiger partial charge in [-0.2, -0.15) is 0 Å². The predicted molar refractivity (Wildman–Crippen MR) is 48.1 cm³/mol. The molecule has 0 bridgehead atoms. The Balaban J connectivity index is 3.54. The van der Waals surface area contributed by atoms with Gasteiger partial charge in [0, 0.05) is 1.37 Å². The zero-order valence-corrected chi connectivity index (χ0v) is 7.28. The number of hydrogen-bond acceptors (Lipinski definition) is 0. The van der Waals surface area contributed by atoms with Gasteiger partial charge in [0.25, 0.3) is 0 Å². The third-order valence-electron chi connectivity index (χ3n) is 1.44. The van der Waals surface area contributed by atoms with Crippen LogP contribution in [0.4, 0.5) is 0 Å². The van der Waals surface area contributed by atoms with E-state index in [-0.39, 0.29) is 0 Å². The molecule has 0 atom stereocenters. The van der Waals surface area contributed by atoms with Gasteiger partial charge in [0.05, 0.1) is 0 Å². The molecule has 0 nitrogen and oxygen atoms in total. The van der Waals surface area contributed by atoms with Gasteiger partial charge in [0.2, 0.25) is 0 Å². The molecule has 0 spiro atoms. The van der Waals surface area contributed by atoms with Crippen LogP contribution in [0.5, 0.6) is 0 Å². The molecule has 0 aromatic rings. The van der Waals surface area contributed by atoms with Crippen LogP contribution in [-0.2, 0) is 0 Å². The van der Waals surface area contributed by atoms with Crippen molar-refractivity contribution in [1.82, 2.24) is 0 Å². The molecule has 10 heavy (non-hydrogen) atoms. The van der Waals surface area contributed by atoms with E-state index in [1.165, 1.54) is 11.1 Å². The summed E-state index contributed by atoms with van der Waals surface area (Å²) in [7, 11) is 0. The van der Waals surface area contributed by atoms with Gasteiger partial charge in [-0.15, -0.1) is 0 Å². The first-order chi connectivity index (χ1) is 5.16. The van der Waals surface area contributed by atoms with Crippen LogP contribution < -0.4 is 0 Å². The molecule has 0 N–H and O–H groups in total. The van der Waals surface area contributed by atoms with Gasteiger partial charge in [0.15, 0.2) is 0 Å². The molecule has 0 radical (unpaired) electrons. The first-order valence-corrected chi connectivity index (χ1v) is 3.75. The molecule has 0 aromatic carbocycles. The summed E-state index contributed by atoms with van der Waals surface area (Å²) < 4.78 is 6.96. The Kier molecular flexibility index (Phi) is 4.00. The summed E-state index contributed by atoms with van der Waals surface area (Å²) in [6, 6.07) is 0. The van der Waals surface area contributed by atoms with Gasteiger partial charge in [-0.05, 0) is 40.5 Å². The van der Waals surface area contributed by atoms with Gasteiger partial charge in [0.1, 0.15) is 0 Å². The first kappa shape index (κ1) is 7.59. The maximum absolute atomic E-state index is 6.96. The topological polar surface area (TPSA) is 0 Å². The van der Waals surface area contributed by atoms with Crippen molar-refractivity contribution in [2.24, 2.45) is 0 Å². The maximum Gasteiger partial charge on any atom is 0.0273 e. The summed E-state index contributed by atoms with van der Waals surface area (Å²) in [5.41, 5.74) is 2.71. The molecule has 0 aliphatic carbocycles. The molecule has 0 heterocycles. The van der Waals surface area contributed by atoms with E-state index in [9.17, 15) is 0 Å². The second kappa shape index (κ2) is 5.28. The molecule has 0 aliphatic rings. The summed E-state index contributed by atoms with van der Waals surface area (Å²) in [4.78, 5) is 0. The monoisotopic (exact) mass is 139 g/mol. The van der Waals surface area contributed by atoms with Crippen molar-refractivity contribution in [2.45, 2.75) is 40.5 Å². The van der Waals surface area contributed by atoms with Gasteiger partial charge >= 0.3 is 0 Å². The van der Waals surface area contributed by atoms with Crippen LogP contribution in [0, 0.1) is 0 Å². The summed E-state index contributed by atoms with van der Waals surface area (Å²) in [6.45, 7) is 6.74. The van der Waals surface area contributed by atoms with E-state index >= 15 is 0 Å². The third kappa shape index (κ3) is 5.61. The highest BCUT2D eigenvalue weighted by Crippen LogP contribution is 2.05. The fourth-order valence-corrected chi connectivity index (χ4v) is 0.691. The Hall–Kier alpha value is -0.520. The standard InChI is InChI=1S/C10H18/c1-5-10(4)8-6-7-9(2)3/h5,7H,6,8H2,1-4H3/i1D. The second-order valence-electron chi connectivity index (χ2n) is 2.87. The fraction of sp³-hybridized carbons (Fsp3) is 0.600. The molecular weight excluding hydrogens is 120 g/mol. The van der Waals surface area contributed by atoms with E-state index in [1.807, 2.05) is 6.08 Å². The quantitative estimate of drug-likeness (QED) is 0.523. The maximum atomic E-state index is 6.96. The van der Waals surface area contributed by atoms with E-state index in [4.69, 9.17) is 1.37 Å². The number of hydrogen-bond donors (Lipinski definition) is 0. The van der Waals surface area contributed by atoms with E-state index in [1.54, 1.807) is 0 Å². The molecule has 0 saturated heterocycles. The van der Waals surface area contributed by atoms with Crippen LogP contribution >= 0.6 is 0 Å². The lowest BCUT2D eigenvalue weighted by Gasteiger charge is -1.95. The zero-order valence-electron chi connectivity index (χ0n) is 8.28. The molecule has 0 amide bonds. The molecule has 0 saturated carbocycles. The molecule has 0 unspecified atom stereocenters. The van der Waals surface area contributed by atoms with E-state index < -0.39 is 0 Å². The molecule has 0 aliphatic heterocycles. The molecule has 58 valence electrons. The Morgan fingerprint density at radius 2 is 2.10 bits per heavy atom. The van der Waals surface area contributed by atoms with Crippen molar-refractivity contribution in [1.29, 1.82) is 0 Å². The highest BCUT2D eigenvalue weighted by molar-refractivity contribution is 5.00. The summed E-state index contributed by atoms with van der Waals surface area (Å²) in [6.07, 6.45) is 6.43. The van der Waals surface area contributed by atoms with Crippen molar-refractivity contribution in [3.63, 3.8) is 0 Å². The van der Waals surface area contributed by atoms with E-state index in [0.717, 1.165) is 12.8 Å². The fourth-order valence-electron chi connectivity index (χ4n) is 0.691. The number of allylic oxidation sites excluding steroid dienone is 4. The smallest absolute Gasteiger partial charge is 0.0273 e. The highest BCUT2D eigenvalue weighted by Gasteiger charge is 1.84. The molecule has 0 fully saturated rings. The SMILES string of the molecule is [2H]CC=C(C)CCC=C(C)C. The van der Waals surface area contributed by atoms with Crippen LogP contribution in [0.2, 0.25) is 0 Å². The molecule has 0 heteroatoms. The van der Waals surface area contributed by atoms with Gasteiger partial charge in [-0.25, -0.2) is 0 Å². The van der Waals surface area contributed by atoms with Crippen LogP contribution in [-0.4, -0.2) is 0 Å². The Labute approximate surface area is 66.0 Å². The van der Waals surface area contributed by atoms with Crippen LogP contribution in [0.3, 0.4) is 0 Å². The number of rotatable bonds is 3. The van der Waals surface area contributed by atoms with Crippen molar-refractivity contribution in [2.75, 3.05) is 0 Å². The van der Waals surface area contributed by atoms with Crippen LogP contribution in [0.25, 0.3) is 0 Å². The summed E-state index contributed by atoms with van der Waals surface area (Å²) in [5, 5.41) is 0. The molecule has 0 rings (SSSR count). The van der Waals surface area contributed by atoms with E-state index in [0.29, 0.717) is 6.90 Å². The minimum atomic E-state index is 0.417. The van der Waals surface area contributed by atoms with Crippen molar-refractivity contribution in [3.05, 3.63) is 23.3 Å². The lowest BCUT2D eigenvalue weighted by atomic mass is 10.1. The zero-order chi connectivity index (χ0) is 8.69. The largest absolute Gasteiger partial charge is 0.0887 e. The lowest BCUT2D eigenvalue weighted by molar-refractivity contribution is 0.964. The molecular formula is C10H18. The first-order valence-electron chi connectivity index (χ1n) is 4.45. The summed E-state index contributed by atoms with van der Waals surface area (Å²) >= 11 is 0. The van der Waals surface area contributed by atoms with E-state index in [2.05, 4.69) is 26.8 Å². The minimum Gasteiger partial charge on any atom is -0.0887 e. The Morgan fingerprint density at radius 3 is 2.60 bits per heavy atom. The van der Waals surface area contributed by atoms with Gasteiger partial charge < -0.3 is 0 Å². The highest BCUT2D eigenvalue weighted by atomic mass is 13.9. The average molecular weight is 139 g/mol. The van der Waals surface area contributed by atoms with Gasteiger partial charge in [-0.1, -0.05) is 23.3 Å². The molecule has 0 aromatic heterocycles. The predicted octanol–water partition coefficient (Wildman–Crippen LogP) is 3.70. The van der Waals surface area contributed by atoms with Crippen molar-refractivity contribution >= 4 is 0 Å². The normalized spacial score (nSPS) is 12.7. The summed E-state index contributed by atoms with van der Waals surface area (Å²) in [5.74, 6) is 0. The Morgan fingerprint density at radius 1 is 1.40 bits per heavy atom. The van der Waals surface area contributed by atoms with Crippen LogP contribution in [0.1, 0.15) is 41.9 Å². The Bertz CT molecular complexity index is 150. The minimum absolute atomic E-state index is 0.417. The van der Waals surface area contributed by atoms with Crippen LogP contribution in [0.15, 0.2) is 23.3 Å². The van der Waals surface area contributed by atoms with Gasteiger partial charge in [-0.3, -0.25) is 0 Å². The van der Waals surface area contributed by atoms with Crippen molar-refractivity contribution in [3.8, 4) is 0 Å². The third-order valence-corrected chi connectivity index (χ3v) is 1.44. The second-order valence-corrected chi connectivity index (χ2v) is 2.87. The average Bonchev–Trinajstić information content (AvgIpc) is 1.87. The lowest BCUT2D eigenvalue weighted by Crippen LogP contribution is -1.74. The van der Waals surface area contributed by atoms with Crippen molar-refractivity contribution < 1.29 is 1.37 Å².